The molecule has 0 saturated heterocycles. The van der Waals surface area contributed by atoms with Crippen LogP contribution in [0.15, 0.2) is 88.9 Å². The van der Waals surface area contributed by atoms with Crippen molar-refractivity contribution in [2.24, 2.45) is 5.14 Å². The monoisotopic (exact) mass is 498 g/mol. The van der Waals surface area contributed by atoms with Gasteiger partial charge >= 0.3 is 0 Å². The molecule has 1 amide bonds. The number of aromatic nitrogens is 1. The predicted octanol–water partition coefficient (Wildman–Crippen LogP) is 3.43. The summed E-state index contributed by atoms with van der Waals surface area (Å²) in [6.45, 7) is 1.14. The SMILES string of the molecule is NS(=O)(=O)c1ccc(CNC(=O)c2ccccc2SC(=O)CCCCC[n+]2ccccc2)cc1. The molecule has 0 unspecified atom stereocenters. The van der Waals surface area contributed by atoms with Crippen LogP contribution in [-0.2, 0) is 27.9 Å². The summed E-state index contributed by atoms with van der Waals surface area (Å²) in [5.74, 6) is -0.300. The van der Waals surface area contributed by atoms with E-state index in [-0.39, 0.29) is 22.5 Å². The Morgan fingerprint density at radius 3 is 2.29 bits per heavy atom. The van der Waals surface area contributed by atoms with Crippen LogP contribution < -0.4 is 15.0 Å². The fraction of sp³-hybridized carbons (Fsp3) is 0.240. The van der Waals surface area contributed by atoms with E-state index in [4.69, 9.17) is 5.14 Å². The number of hydrogen-bond donors (Lipinski definition) is 2. The van der Waals surface area contributed by atoms with Gasteiger partial charge in [0.1, 0.15) is 6.54 Å². The molecule has 0 aliphatic rings. The van der Waals surface area contributed by atoms with Crippen molar-refractivity contribution >= 4 is 32.8 Å². The summed E-state index contributed by atoms with van der Waals surface area (Å²) in [4.78, 5) is 25.8. The van der Waals surface area contributed by atoms with Gasteiger partial charge in [0.25, 0.3) is 5.91 Å². The summed E-state index contributed by atoms with van der Waals surface area (Å²) < 4.78 is 24.8. The summed E-state index contributed by atoms with van der Waals surface area (Å²) in [6.07, 6.45) is 7.29. The highest BCUT2D eigenvalue weighted by atomic mass is 32.2. The van der Waals surface area contributed by atoms with E-state index >= 15 is 0 Å². The lowest BCUT2D eigenvalue weighted by atomic mass is 10.2. The molecule has 1 aromatic heterocycles. The van der Waals surface area contributed by atoms with E-state index in [1.807, 2.05) is 30.6 Å². The number of thioether (sulfide) groups is 1. The van der Waals surface area contributed by atoms with Crippen molar-refractivity contribution in [1.82, 2.24) is 5.32 Å². The lowest BCUT2D eigenvalue weighted by Gasteiger charge is -2.10. The van der Waals surface area contributed by atoms with Gasteiger partial charge in [-0.25, -0.2) is 18.1 Å². The first-order valence-electron chi connectivity index (χ1n) is 11.0. The molecule has 3 N–H and O–H groups in total. The molecule has 34 heavy (non-hydrogen) atoms. The molecule has 0 radical (unpaired) electrons. The molecule has 178 valence electrons. The molecule has 2 aromatic carbocycles. The quantitative estimate of drug-likeness (QED) is 0.239. The number of aryl methyl sites for hydroxylation is 1. The Kier molecular flexibility index (Phi) is 9.38. The second-order valence-electron chi connectivity index (χ2n) is 7.77. The second-order valence-corrected chi connectivity index (χ2v) is 10.4. The van der Waals surface area contributed by atoms with Gasteiger partial charge < -0.3 is 5.32 Å². The van der Waals surface area contributed by atoms with E-state index in [1.165, 1.54) is 12.1 Å². The van der Waals surface area contributed by atoms with Gasteiger partial charge in [-0.05, 0) is 42.7 Å². The van der Waals surface area contributed by atoms with Crippen molar-refractivity contribution in [3.8, 4) is 0 Å². The number of primary sulfonamides is 1. The zero-order valence-corrected chi connectivity index (χ0v) is 20.4. The number of benzene rings is 2. The number of nitrogens with one attached hydrogen (secondary N) is 1. The number of rotatable bonds is 11. The average Bonchev–Trinajstić information content (AvgIpc) is 2.83. The van der Waals surface area contributed by atoms with Crippen molar-refractivity contribution in [3.05, 3.63) is 90.3 Å². The maximum atomic E-state index is 12.7. The minimum absolute atomic E-state index is 0.0154. The highest BCUT2D eigenvalue weighted by Gasteiger charge is 2.15. The number of nitrogens with two attached hydrogens (primary N) is 1. The van der Waals surface area contributed by atoms with E-state index in [9.17, 15) is 18.0 Å². The van der Waals surface area contributed by atoms with Crippen molar-refractivity contribution in [2.45, 2.75) is 48.6 Å². The molecule has 3 rings (SSSR count). The summed E-state index contributed by atoms with van der Waals surface area (Å²) >= 11 is 1.09. The molecule has 0 saturated carbocycles. The zero-order valence-electron chi connectivity index (χ0n) is 18.7. The molecular formula is C25H28N3O4S2+. The number of carbonyl (C=O) groups is 2. The van der Waals surface area contributed by atoms with E-state index < -0.39 is 10.0 Å². The Morgan fingerprint density at radius 1 is 0.882 bits per heavy atom. The minimum atomic E-state index is -3.76. The molecule has 1 heterocycles. The van der Waals surface area contributed by atoms with Crippen molar-refractivity contribution in [1.29, 1.82) is 0 Å². The third-order valence-corrected chi connectivity index (χ3v) is 7.07. The first-order chi connectivity index (χ1) is 16.3. The Morgan fingerprint density at radius 2 is 1.59 bits per heavy atom. The van der Waals surface area contributed by atoms with E-state index in [0.29, 0.717) is 16.9 Å². The maximum absolute atomic E-state index is 12.7. The molecule has 0 aliphatic heterocycles. The third kappa shape index (κ3) is 8.09. The largest absolute Gasteiger partial charge is 0.348 e. The highest BCUT2D eigenvalue weighted by molar-refractivity contribution is 8.13. The number of hydrogen-bond acceptors (Lipinski definition) is 5. The fourth-order valence-corrected chi connectivity index (χ4v) is 4.74. The lowest BCUT2D eigenvalue weighted by molar-refractivity contribution is -0.697. The van der Waals surface area contributed by atoms with Crippen LogP contribution in [0.25, 0.3) is 0 Å². The highest BCUT2D eigenvalue weighted by Crippen LogP contribution is 2.25. The Balaban J connectivity index is 1.47. The first kappa shape index (κ1) is 25.6. The van der Waals surface area contributed by atoms with Gasteiger partial charge in [0.05, 0.1) is 10.5 Å². The van der Waals surface area contributed by atoms with Crippen LogP contribution >= 0.6 is 11.8 Å². The summed E-state index contributed by atoms with van der Waals surface area (Å²) in [7, 11) is -3.76. The van der Waals surface area contributed by atoms with Crippen LogP contribution in [0.1, 0.15) is 41.6 Å². The summed E-state index contributed by atoms with van der Waals surface area (Å²) in [5.41, 5.74) is 1.16. The van der Waals surface area contributed by atoms with E-state index in [0.717, 1.165) is 43.1 Å². The topological polar surface area (TPSA) is 110 Å². The van der Waals surface area contributed by atoms with Crippen LogP contribution in [0.5, 0.6) is 0 Å². The molecule has 9 heteroatoms. The normalized spacial score (nSPS) is 11.2. The summed E-state index contributed by atoms with van der Waals surface area (Å²) in [6, 6.07) is 19.0. The number of unbranched alkanes of at least 4 members (excludes halogenated alkanes) is 2. The van der Waals surface area contributed by atoms with Crippen LogP contribution in [0.4, 0.5) is 0 Å². The molecule has 0 fully saturated rings. The summed E-state index contributed by atoms with van der Waals surface area (Å²) in [5, 5.41) is 7.95. The Hall–Kier alpha value is -3.01. The van der Waals surface area contributed by atoms with Gasteiger partial charge in [-0.2, -0.15) is 0 Å². The first-order valence-corrected chi connectivity index (χ1v) is 13.3. The maximum Gasteiger partial charge on any atom is 0.252 e. The van der Waals surface area contributed by atoms with Gasteiger partial charge in [0, 0.05) is 36.4 Å². The minimum Gasteiger partial charge on any atom is -0.348 e. The molecule has 0 bridgehead atoms. The number of nitrogens with zero attached hydrogens (tertiary/aromatic N) is 1. The predicted molar refractivity (Wildman–Crippen MR) is 131 cm³/mol. The third-order valence-electron chi connectivity index (χ3n) is 5.13. The molecular weight excluding hydrogens is 470 g/mol. The van der Waals surface area contributed by atoms with E-state index in [2.05, 4.69) is 9.88 Å². The van der Waals surface area contributed by atoms with Crippen molar-refractivity contribution < 1.29 is 22.6 Å². The zero-order chi connectivity index (χ0) is 24.4. The smallest absolute Gasteiger partial charge is 0.252 e. The Bertz CT molecular complexity index is 1210. The molecule has 7 nitrogen and oxygen atoms in total. The van der Waals surface area contributed by atoms with Crippen molar-refractivity contribution in [2.75, 3.05) is 0 Å². The number of carbonyl (C=O) groups excluding carboxylic acids is 2. The van der Waals surface area contributed by atoms with Gasteiger partial charge in [-0.15, -0.1) is 0 Å². The Labute approximate surface area is 204 Å². The molecule has 0 aliphatic carbocycles. The van der Waals surface area contributed by atoms with Crippen LogP contribution in [-0.4, -0.2) is 19.4 Å². The van der Waals surface area contributed by atoms with Gasteiger partial charge in [-0.3, -0.25) is 9.59 Å². The van der Waals surface area contributed by atoms with Crippen LogP contribution in [0.3, 0.4) is 0 Å². The lowest BCUT2D eigenvalue weighted by Crippen LogP contribution is -2.32. The number of amides is 1. The van der Waals surface area contributed by atoms with Gasteiger partial charge in [-0.1, -0.05) is 42.1 Å². The molecule has 3 aromatic rings. The average molecular weight is 499 g/mol. The second kappa shape index (κ2) is 12.5. The standard InChI is InChI=1S/C25H27N3O4S2/c26-34(31,32)21-14-12-20(13-15-21)19-27-25(30)22-9-4-5-10-23(22)33-24(29)11-3-1-6-16-28-17-7-2-8-18-28/h2,4-5,7-10,12-15,17-18H,1,3,6,11,16,19H2,(H2-,26,27,30,31,32)/p+1. The van der Waals surface area contributed by atoms with Gasteiger partial charge in [0.15, 0.2) is 17.5 Å². The molecule has 0 spiro atoms. The van der Waals surface area contributed by atoms with Crippen LogP contribution in [0, 0.1) is 0 Å². The number of sulfonamides is 1. The number of pyridine rings is 1. The van der Waals surface area contributed by atoms with Crippen molar-refractivity contribution in [3.63, 3.8) is 0 Å². The van der Waals surface area contributed by atoms with Gasteiger partial charge in [0.2, 0.25) is 10.0 Å². The fourth-order valence-electron chi connectivity index (χ4n) is 3.32. The molecule has 0 atom stereocenters. The van der Waals surface area contributed by atoms with Crippen LogP contribution in [0.2, 0.25) is 0 Å². The van der Waals surface area contributed by atoms with E-state index in [1.54, 1.807) is 36.4 Å².